The monoisotopic (exact) mass is 420 g/mol. The van der Waals surface area contributed by atoms with Crippen LogP contribution in [0.2, 0.25) is 0 Å². The average molecular weight is 421 g/mol. The van der Waals surface area contributed by atoms with Gasteiger partial charge in [-0.3, -0.25) is 4.79 Å². The summed E-state index contributed by atoms with van der Waals surface area (Å²) < 4.78 is 13.9. The lowest BCUT2D eigenvalue weighted by atomic mass is 9.53. The zero-order valence-electron chi connectivity index (χ0n) is 17.7. The van der Waals surface area contributed by atoms with Gasteiger partial charge in [-0.1, -0.05) is 84.9 Å². The maximum absolute atomic E-state index is 13.7. The van der Waals surface area contributed by atoms with Gasteiger partial charge in [0.05, 0.1) is 11.5 Å². The molecule has 2 fully saturated rings. The molecule has 4 aliphatic rings. The summed E-state index contributed by atoms with van der Waals surface area (Å²) >= 11 is 0. The van der Waals surface area contributed by atoms with E-state index in [1.165, 1.54) is 0 Å². The van der Waals surface area contributed by atoms with Crippen LogP contribution in [0.1, 0.15) is 35.1 Å². The van der Waals surface area contributed by atoms with Crippen LogP contribution in [0.4, 0.5) is 0 Å². The van der Waals surface area contributed by atoms with E-state index in [1.807, 2.05) is 30.3 Å². The standard InChI is InChI=1S/C29H24O3/c30-24-16-18-27(17-9-19-31-27)26-25(24)28(20-10-3-1-4-11-20)22-14-7-8-15-23(22)29(26,32-28)21-12-5-2-6-13-21/h1-8,10-16,18,25-26H,9,17,19H2/t25?,26?,27-,28?,29?/m1/s1. The van der Waals surface area contributed by atoms with Crippen LogP contribution in [-0.2, 0) is 25.5 Å². The lowest BCUT2D eigenvalue weighted by Gasteiger charge is -2.49. The Labute approximate surface area is 187 Å². The number of allylic oxidation sites excluding steroid dienone is 1. The van der Waals surface area contributed by atoms with Gasteiger partial charge in [-0.2, -0.15) is 0 Å². The molecule has 158 valence electrons. The van der Waals surface area contributed by atoms with Gasteiger partial charge in [0.25, 0.3) is 0 Å². The summed E-state index contributed by atoms with van der Waals surface area (Å²) in [5, 5.41) is 0. The van der Waals surface area contributed by atoms with Crippen LogP contribution in [-0.4, -0.2) is 18.0 Å². The van der Waals surface area contributed by atoms with Gasteiger partial charge in [0.15, 0.2) is 5.78 Å². The van der Waals surface area contributed by atoms with Crippen molar-refractivity contribution in [3.63, 3.8) is 0 Å². The zero-order valence-corrected chi connectivity index (χ0v) is 17.7. The Morgan fingerprint density at radius 1 is 0.750 bits per heavy atom. The number of fused-ring (bicyclic) bond motifs is 9. The first-order valence-electron chi connectivity index (χ1n) is 11.5. The molecular weight excluding hydrogens is 396 g/mol. The second-order valence-corrected chi connectivity index (χ2v) is 9.45. The maximum atomic E-state index is 13.7. The molecule has 1 spiro atoms. The molecule has 1 aliphatic carbocycles. The third-order valence-corrected chi connectivity index (χ3v) is 8.11. The number of hydrogen-bond donors (Lipinski definition) is 0. The predicted octanol–water partition coefficient (Wildman–Crippen LogP) is 5.14. The Morgan fingerprint density at radius 3 is 1.97 bits per heavy atom. The minimum atomic E-state index is -0.834. The summed E-state index contributed by atoms with van der Waals surface area (Å²) in [6, 6.07) is 29.2. The topological polar surface area (TPSA) is 35.5 Å². The molecule has 3 nitrogen and oxygen atoms in total. The molecule has 0 aromatic heterocycles. The Bertz CT molecular complexity index is 1240. The van der Waals surface area contributed by atoms with Crippen molar-refractivity contribution < 1.29 is 14.3 Å². The molecule has 0 amide bonds. The Kier molecular flexibility index (Phi) is 3.64. The van der Waals surface area contributed by atoms with E-state index in [0.717, 1.165) is 35.1 Å². The molecular formula is C29H24O3. The van der Waals surface area contributed by atoms with E-state index in [1.54, 1.807) is 6.08 Å². The van der Waals surface area contributed by atoms with Crippen LogP contribution in [0.25, 0.3) is 0 Å². The van der Waals surface area contributed by atoms with Gasteiger partial charge in [0.1, 0.15) is 11.2 Å². The van der Waals surface area contributed by atoms with Crippen LogP contribution in [0.5, 0.6) is 0 Å². The Hall–Kier alpha value is -3.01. The van der Waals surface area contributed by atoms with Crippen molar-refractivity contribution >= 4 is 5.78 Å². The van der Waals surface area contributed by atoms with Gasteiger partial charge in [0.2, 0.25) is 0 Å². The van der Waals surface area contributed by atoms with Crippen molar-refractivity contribution in [2.24, 2.45) is 11.8 Å². The van der Waals surface area contributed by atoms with Crippen molar-refractivity contribution in [1.29, 1.82) is 0 Å². The molecule has 3 heterocycles. The minimum Gasteiger partial charge on any atom is -0.370 e. The highest BCUT2D eigenvalue weighted by atomic mass is 16.6. The van der Waals surface area contributed by atoms with Gasteiger partial charge >= 0.3 is 0 Å². The lowest BCUT2D eigenvalue weighted by Crippen LogP contribution is -2.56. The highest BCUT2D eigenvalue weighted by molar-refractivity contribution is 5.96. The van der Waals surface area contributed by atoms with Crippen molar-refractivity contribution in [1.82, 2.24) is 0 Å². The van der Waals surface area contributed by atoms with E-state index in [2.05, 4.69) is 60.7 Å². The molecule has 0 radical (unpaired) electrons. The highest BCUT2D eigenvalue weighted by Crippen LogP contribution is 2.72. The summed E-state index contributed by atoms with van der Waals surface area (Å²) in [6.45, 7) is 0.715. The Morgan fingerprint density at radius 2 is 1.34 bits per heavy atom. The lowest BCUT2D eigenvalue weighted by molar-refractivity contribution is -0.128. The van der Waals surface area contributed by atoms with Gasteiger partial charge < -0.3 is 9.47 Å². The van der Waals surface area contributed by atoms with Crippen LogP contribution < -0.4 is 0 Å². The summed E-state index contributed by atoms with van der Waals surface area (Å²) in [5.74, 6) is -0.345. The number of benzene rings is 3. The smallest absolute Gasteiger partial charge is 0.162 e. The predicted molar refractivity (Wildman–Crippen MR) is 121 cm³/mol. The SMILES string of the molecule is O=C1C=C[C@]2(CCCO2)C2C1C1(c3ccccc3)OC2(c2ccccc2)c2ccccc21. The number of carbonyl (C=O) groups is 1. The summed E-state index contributed by atoms with van der Waals surface area (Å²) in [7, 11) is 0. The van der Waals surface area contributed by atoms with Crippen molar-refractivity contribution in [3.8, 4) is 0 Å². The molecule has 0 N–H and O–H groups in total. The fourth-order valence-corrected chi connectivity index (χ4v) is 7.07. The van der Waals surface area contributed by atoms with Crippen LogP contribution in [0.3, 0.4) is 0 Å². The second kappa shape index (κ2) is 6.28. The van der Waals surface area contributed by atoms with Crippen molar-refractivity contribution in [2.45, 2.75) is 29.6 Å². The molecule has 0 saturated carbocycles. The van der Waals surface area contributed by atoms with Gasteiger partial charge in [-0.15, -0.1) is 0 Å². The minimum absolute atomic E-state index is 0.132. The number of carbonyl (C=O) groups excluding carboxylic acids is 1. The largest absolute Gasteiger partial charge is 0.370 e. The number of hydrogen-bond acceptors (Lipinski definition) is 3. The second-order valence-electron chi connectivity index (χ2n) is 9.45. The first-order chi connectivity index (χ1) is 15.7. The van der Waals surface area contributed by atoms with E-state index in [9.17, 15) is 4.79 Å². The van der Waals surface area contributed by atoms with Crippen LogP contribution in [0.15, 0.2) is 97.1 Å². The molecule has 3 heteroatoms. The van der Waals surface area contributed by atoms with E-state index < -0.39 is 16.8 Å². The van der Waals surface area contributed by atoms with Crippen molar-refractivity contribution in [3.05, 3.63) is 119 Å². The number of ketones is 1. The first kappa shape index (κ1) is 18.6. The first-order valence-corrected chi connectivity index (χ1v) is 11.5. The van der Waals surface area contributed by atoms with Gasteiger partial charge in [-0.25, -0.2) is 0 Å². The highest BCUT2D eigenvalue weighted by Gasteiger charge is 2.77. The number of ether oxygens (including phenoxy) is 2. The molecule has 7 rings (SSSR count). The molecule has 3 aromatic carbocycles. The van der Waals surface area contributed by atoms with Gasteiger partial charge in [0, 0.05) is 12.5 Å². The third-order valence-electron chi connectivity index (χ3n) is 8.11. The molecule has 3 aromatic rings. The molecule has 32 heavy (non-hydrogen) atoms. The van der Waals surface area contributed by atoms with E-state index in [0.29, 0.717) is 6.61 Å². The van der Waals surface area contributed by atoms with Crippen molar-refractivity contribution in [2.75, 3.05) is 6.61 Å². The van der Waals surface area contributed by atoms with E-state index in [4.69, 9.17) is 9.47 Å². The van der Waals surface area contributed by atoms with E-state index in [-0.39, 0.29) is 17.6 Å². The average Bonchev–Trinajstić information content (AvgIpc) is 3.54. The normalized spacial score (nSPS) is 36.4. The summed E-state index contributed by atoms with van der Waals surface area (Å²) in [5.41, 5.74) is 2.31. The summed E-state index contributed by atoms with van der Waals surface area (Å²) in [6.07, 6.45) is 5.71. The fourth-order valence-electron chi connectivity index (χ4n) is 7.07. The number of rotatable bonds is 2. The fraction of sp³-hybridized carbons (Fsp3) is 0.276. The molecule has 4 unspecified atom stereocenters. The maximum Gasteiger partial charge on any atom is 0.162 e. The molecule has 2 saturated heterocycles. The van der Waals surface area contributed by atoms with Gasteiger partial charge in [-0.05, 0) is 47.2 Å². The van der Waals surface area contributed by atoms with Crippen LogP contribution in [0, 0.1) is 11.8 Å². The molecule has 2 bridgehead atoms. The zero-order chi connectivity index (χ0) is 21.4. The quantitative estimate of drug-likeness (QED) is 0.576. The van der Waals surface area contributed by atoms with Crippen LogP contribution >= 0.6 is 0 Å². The van der Waals surface area contributed by atoms with E-state index >= 15 is 0 Å². The Balaban J connectivity index is 1.62. The molecule has 3 aliphatic heterocycles. The summed E-state index contributed by atoms with van der Waals surface area (Å²) in [4.78, 5) is 13.7. The molecule has 5 atom stereocenters. The third kappa shape index (κ3) is 2.02.